The lowest BCUT2D eigenvalue weighted by Gasteiger charge is -2.39. The van der Waals surface area contributed by atoms with Crippen LogP contribution < -0.4 is 5.32 Å². The fourth-order valence-corrected chi connectivity index (χ4v) is 2.98. The van der Waals surface area contributed by atoms with E-state index in [4.69, 9.17) is 0 Å². The Morgan fingerprint density at radius 3 is 2.94 bits per heavy atom. The second-order valence-electron chi connectivity index (χ2n) is 5.89. The van der Waals surface area contributed by atoms with E-state index < -0.39 is 0 Å². The molecule has 1 aromatic heterocycles. The molecule has 0 spiro atoms. The second-order valence-corrected chi connectivity index (χ2v) is 5.89. The molecule has 2 aliphatic rings. The van der Waals surface area contributed by atoms with Gasteiger partial charge in [-0.1, -0.05) is 0 Å². The highest BCUT2D eigenvalue weighted by Crippen LogP contribution is 2.34. The molecule has 2 fully saturated rings. The lowest BCUT2D eigenvalue weighted by molar-refractivity contribution is 0.133. The molecule has 4 heteroatoms. The maximum absolute atomic E-state index is 4.24. The maximum atomic E-state index is 4.24. The average molecular weight is 248 g/mol. The van der Waals surface area contributed by atoms with Crippen LogP contribution in [0.2, 0.25) is 0 Å². The summed E-state index contributed by atoms with van der Waals surface area (Å²) in [5.74, 6) is 0.955. The molecule has 2 atom stereocenters. The van der Waals surface area contributed by atoms with Crippen LogP contribution in [0, 0.1) is 5.92 Å². The SMILES string of the molecule is CC1CNC(C2CC2)CN1CCc1ccnn1C. The first-order chi connectivity index (χ1) is 8.74. The van der Waals surface area contributed by atoms with Gasteiger partial charge in [-0.15, -0.1) is 0 Å². The Labute approximate surface area is 109 Å². The number of hydrogen-bond acceptors (Lipinski definition) is 3. The maximum Gasteiger partial charge on any atom is 0.0492 e. The van der Waals surface area contributed by atoms with Gasteiger partial charge >= 0.3 is 0 Å². The fraction of sp³-hybridized carbons (Fsp3) is 0.786. The molecule has 18 heavy (non-hydrogen) atoms. The van der Waals surface area contributed by atoms with Crippen molar-refractivity contribution in [3.8, 4) is 0 Å². The third-order valence-electron chi connectivity index (χ3n) is 4.50. The number of piperazine rings is 1. The largest absolute Gasteiger partial charge is 0.311 e. The Balaban J connectivity index is 1.55. The van der Waals surface area contributed by atoms with Crippen molar-refractivity contribution in [1.29, 1.82) is 0 Å². The summed E-state index contributed by atoms with van der Waals surface area (Å²) in [7, 11) is 2.03. The van der Waals surface area contributed by atoms with Crippen molar-refractivity contribution >= 4 is 0 Å². The summed E-state index contributed by atoms with van der Waals surface area (Å²) >= 11 is 0. The van der Waals surface area contributed by atoms with Crippen LogP contribution in [0.15, 0.2) is 12.3 Å². The monoisotopic (exact) mass is 248 g/mol. The van der Waals surface area contributed by atoms with Crippen molar-refractivity contribution in [3.63, 3.8) is 0 Å². The minimum Gasteiger partial charge on any atom is -0.311 e. The first kappa shape index (κ1) is 12.2. The molecule has 1 aliphatic heterocycles. The molecule has 2 heterocycles. The zero-order valence-corrected chi connectivity index (χ0v) is 11.5. The van der Waals surface area contributed by atoms with Gasteiger partial charge < -0.3 is 5.32 Å². The molecular weight excluding hydrogens is 224 g/mol. The number of aromatic nitrogens is 2. The number of aryl methyl sites for hydroxylation is 1. The van der Waals surface area contributed by atoms with E-state index in [1.54, 1.807) is 0 Å². The van der Waals surface area contributed by atoms with E-state index in [0.29, 0.717) is 6.04 Å². The van der Waals surface area contributed by atoms with E-state index in [1.165, 1.54) is 25.1 Å². The first-order valence-electron chi connectivity index (χ1n) is 7.18. The van der Waals surface area contributed by atoms with E-state index in [9.17, 15) is 0 Å². The predicted molar refractivity (Wildman–Crippen MR) is 72.5 cm³/mol. The third kappa shape index (κ3) is 2.59. The lowest BCUT2D eigenvalue weighted by atomic mass is 10.1. The van der Waals surface area contributed by atoms with Crippen LogP contribution >= 0.6 is 0 Å². The Hall–Kier alpha value is -0.870. The van der Waals surface area contributed by atoms with E-state index in [0.717, 1.165) is 31.5 Å². The summed E-state index contributed by atoms with van der Waals surface area (Å²) in [5, 5.41) is 7.94. The van der Waals surface area contributed by atoms with E-state index in [1.807, 2.05) is 17.9 Å². The molecule has 1 N–H and O–H groups in total. The summed E-state index contributed by atoms with van der Waals surface area (Å²) < 4.78 is 1.99. The highest BCUT2D eigenvalue weighted by Gasteiger charge is 2.35. The van der Waals surface area contributed by atoms with Crippen molar-refractivity contribution in [3.05, 3.63) is 18.0 Å². The van der Waals surface area contributed by atoms with Crippen molar-refractivity contribution in [2.24, 2.45) is 13.0 Å². The smallest absolute Gasteiger partial charge is 0.0492 e. The van der Waals surface area contributed by atoms with Gasteiger partial charge in [0.25, 0.3) is 0 Å². The molecule has 3 rings (SSSR count). The third-order valence-corrected chi connectivity index (χ3v) is 4.50. The minimum absolute atomic E-state index is 0.660. The highest BCUT2D eigenvalue weighted by atomic mass is 15.3. The summed E-state index contributed by atoms with van der Waals surface area (Å²) in [6.45, 7) is 5.86. The zero-order valence-electron chi connectivity index (χ0n) is 11.5. The molecule has 1 saturated carbocycles. The molecule has 4 nitrogen and oxygen atoms in total. The molecule has 1 aromatic rings. The average Bonchev–Trinajstić information content (AvgIpc) is 3.13. The van der Waals surface area contributed by atoms with Crippen molar-refractivity contribution < 1.29 is 0 Å². The summed E-state index contributed by atoms with van der Waals surface area (Å²) in [6, 6.07) is 3.53. The molecule has 2 unspecified atom stereocenters. The molecular formula is C14H24N4. The molecule has 1 aliphatic carbocycles. The quantitative estimate of drug-likeness (QED) is 0.864. The Bertz CT molecular complexity index is 396. The summed E-state index contributed by atoms with van der Waals surface area (Å²) in [6.07, 6.45) is 5.87. The van der Waals surface area contributed by atoms with Crippen LogP contribution in [0.5, 0.6) is 0 Å². The van der Waals surface area contributed by atoms with Crippen molar-refractivity contribution in [1.82, 2.24) is 20.0 Å². The normalized spacial score (nSPS) is 29.7. The number of nitrogens with zero attached hydrogens (tertiary/aromatic N) is 3. The molecule has 0 aromatic carbocycles. The second kappa shape index (κ2) is 5.02. The van der Waals surface area contributed by atoms with E-state index >= 15 is 0 Å². The Kier molecular flexibility index (Phi) is 3.39. The van der Waals surface area contributed by atoms with Gasteiger partial charge in [0, 0.05) is 57.1 Å². The van der Waals surface area contributed by atoms with Crippen LogP contribution in [-0.4, -0.2) is 46.4 Å². The van der Waals surface area contributed by atoms with Gasteiger partial charge in [0.1, 0.15) is 0 Å². The number of hydrogen-bond donors (Lipinski definition) is 1. The summed E-state index contributed by atoms with van der Waals surface area (Å²) in [4.78, 5) is 2.65. The van der Waals surface area contributed by atoms with Gasteiger partial charge in [0.05, 0.1) is 0 Å². The van der Waals surface area contributed by atoms with Gasteiger partial charge in [-0.25, -0.2) is 0 Å². The molecule has 1 saturated heterocycles. The van der Waals surface area contributed by atoms with Gasteiger partial charge in [-0.3, -0.25) is 9.58 Å². The van der Waals surface area contributed by atoms with Gasteiger partial charge in [0.2, 0.25) is 0 Å². The topological polar surface area (TPSA) is 33.1 Å². The summed E-state index contributed by atoms with van der Waals surface area (Å²) in [5.41, 5.74) is 1.34. The first-order valence-corrected chi connectivity index (χ1v) is 7.18. The lowest BCUT2D eigenvalue weighted by Crippen LogP contribution is -2.56. The fourth-order valence-electron chi connectivity index (χ4n) is 2.98. The van der Waals surface area contributed by atoms with E-state index in [2.05, 4.69) is 28.3 Å². The van der Waals surface area contributed by atoms with Crippen LogP contribution in [0.3, 0.4) is 0 Å². The van der Waals surface area contributed by atoms with E-state index in [-0.39, 0.29) is 0 Å². The molecule has 0 bridgehead atoms. The molecule has 100 valence electrons. The van der Waals surface area contributed by atoms with Gasteiger partial charge in [-0.2, -0.15) is 5.10 Å². The Morgan fingerprint density at radius 2 is 2.28 bits per heavy atom. The zero-order chi connectivity index (χ0) is 12.5. The number of nitrogens with one attached hydrogen (secondary N) is 1. The minimum atomic E-state index is 0.660. The van der Waals surface area contributed by atoms with Crippen molar-refractivity contribution in [2.45, 2.75) is 38.3 Å². The Morgan fingerprint density at radius 1 is 1.44 bits per heavy atom. The van der Waals surface area contributed by atoms with Crippen LogP contribution in [0.1, 0.15) is 25.5 Å². The predicted octanol–water partition coefficient (Wildman–Crippen LogP) is 1.03. The van der Waals surface area contributed by atoms with Gasteiger partial charge in [-0.05, 0) is 31.7 Å². The van der Waals surface area contributed by atoms with Crippen LogP contribution in [0.25, 0.3) is 0 Å². The number of rotatable bonds is 4. The van der Waals surface area contributed by atoms with Gasteiger partial charge in [0.15, 0.2) is 0 Å². The molecule has 0 amide bonds. The van der Waals surface area contributed by atoms with Crippen molar-refractivity contribution in [2.75, 3.05) is 19.6 Å². The van der Waals surface area contributed by atoms with Crippen LogP contribution in [-0.2, 0) is 13.5 Å². The standard InChI is InChI=1S/C14H24N4/c1-11-9-15-14(12-3-4-12)10-18(11)8-6-13-5-7-16-17(13)2/h5,7,11-12,14-15H,3-4,6,8-10H2,1-2H3. The highest BCUT2D eigenvalue weighted by molar-refractivity contribution is 5.01. The van der Waals surface area contributed by atoms with Crippen LogP contribution in [0.4, 0.5) is 0 Å². The molecule has 0 radical (unpaired) electrons.